The predicted octanol–water partition coefficient (Wildman–Crippen LogP) is 2.20. The van der Waals surface area contributed by atoms with Crippen LogP contribution >= 0.6 is 0 Å². The molecule has 0 spiro atoms. The van der Waals surface area contributed by atoms with E-state index in [1.807, 2.05) is 6.92 Å². The summed E-state index contributed by atoms with van der Waals surface area (Å²) in [5, 5.41) is 14.3. The molecular formula is C13H15N5O3. The molecule has 0 radical (unpaired) electrons. The molecule has 0 aliphatic heterocycles. The van der Waals surface area contributed by atoms with Gasteiger partial charge in [0.2, 0.25) is 5.95 Å². The molecule has 8 heteroatoms. The number of ether oxygens (including phenoxy) is 1. The lowest BCUT2D eigenvalue weighted by Crippen LogP contribution is -2.08. The summed E-state index contributed by atoms with van der Waals surface area (Å²) >= 11 is 0. The molecule has 1 N–H and O–H groups in total. The highest BCUT2D eigenvalue weighted by Crippen LogP contribution is 2.34. The molecule has 110 valence electrons. The molecule has 0 atom stereocenters. The van der Waals surface area contributed by atoms with Crippen LogP contribution in [0.5, 0.6) is 5.75 Å². The number of pyridine rings is 1. The van der Waals surface area contributed by atoms with Crippen molar-refractivity contribution in [2.45, 2.75) is 13.8 Å². The summed E-state index contributed by atoms with van der Waals surface area (Å²) in [7, 11) is 1.48. The maximum absolute atomic E-state index is 11.3. The quantitative estimate of drug-likeness (QED) is 0.664. The smallest absolute Gasteiger partial charge is 0.318 e. The maximum Gasteiger partial charge on any atom is 0.318 e. The number of hydrogen-bond acceptors (Lipinski definition) is 7. The van der Waals surface area contributed by atoms with Gasteiger partial charge in [0, 0.05) is 12.7 Å². The van der Waals surface area contributed by atoms with Gasteiger partial charge in [0.05, 0.1) is 12.0 Å². The summed E-state index contributed by atoms with van der Waals surface area (Å²) < 4.78 is 5.21. The Bertz CT molecular complexity index is 675. The van der Waals surface area contributed by atoms with Gasteiger partial charge in [0.1, 0.15) is 17.1 Å². The number of aryl methyl sites for hydroxylation is 1. The lowest BCUT2D eigenvalue weighted by molar-refractivity contribution is -0.385. The zero-order valence-electron chi connectivity index (χ0n) is 12.0. The van der Waals surface area contributed by atoms with Gasteiger partial charge in [-0.05, 0) is 26.0 Å². The van der Waals surface area contributed by atoms with E-state index in [2.05, 4.69) is 20.3 Å². The average Bonchev–Trinajstić information content (AvgIpc) is 2.46. The number of anilines is 1. The van der Waals surface area contributed by atoms with E-state index in [4.69, 9.17) is 4.74 Å². The third-order valence-electron chi connectivity index (χ3n) is 2.79. The van der Waals surface area contributed by atoms with Crippen molar-refractivity contribution >= 4 is 11.6 Å². The summed E-state index contributed by atoms with van der Waals surface area (Å²) in [4.78, 5) is 23.3. The van der Waals surface area contributed by atoms with Crippen LogP contribution in [0.4, 0.5) is 11.6 Å². The summed E-state index contributed by atoms with van der Waals surface area (Å²) in [6, 6.07) is 3.36. The molecule has 8 nitrogen and oxygen atoms in total. The van der Waals surface area contributed by atoms with E-state index in [1.54, 1.807) is 19.1 Å². The number of nitro groups is 1. The zero-order valence-corrected chi connectivity index (χ0v) is 12.0. The van der Waals surface area contributed by atoms with Crippen molar-refractivity contribution in [1.82, 2.24) is 15.0 Å². The number of aromatic nitrogens is 3. The molecule has 0 aromatic carbocycles. The Morgan fingerprint density at radius 2 is 2.14 bits per heavy atom. The number of hydrogen-bond donors (Lipinski definition) is 1. The summed E-state index contributed by atoms with van der Waals surface area (Å²) in [6.07, 6.45) is 1.53. The first-order chi connectivity index (χ1) is 10.1. The number of rotatable bonds is 5. The van der Waals surface area contributed by atoms with E-state index in [1.165, 1.54) is 13.3 Å². The van der Waals surface area contributed by atoms with E-state index in [0.29, 0.717) is 23.9 Å². The van der Waals surface area contributed by atoms with E-state index in [9.17, 15) is 10.1 Å². The van der Waals surface area contributed by atoms with Crippen molar-refractivity contribution < 1.29 is 9.66 Å². The van der Waals surface area contributed by atoms with Gasteiger partial charge >= 0.3 is 5.69 Å². The van der Waals surface area contributed by atoms with Crippen molar-refractivity contribution in [3.8, 4) is 17.1 Å². The number of nitrogens with zero attached hydrogens (tertiary/aromatic N) is 4. The minimum atomic E-state index is -0.505. The maximum atomic E-state index is 11.3. The standard InChI is InChI=1S/C13H15N5O3/c1-4-14-13-16-8(2)12(18(19)20)11(17-13)10-9(21-3)6-5-7-15-10/h5-7H,4H2,1-3H3,(H,14,16,17). The van der Waals surface area contributed by atoms with Gasteiger partial charge in [-0.3, -0.25) is 15.1 Å². The van der Waals surface area contributed by atoms with Gasteiger partial charge in [0.15, 0.2) is 5.69 Å². The topological polar surface area (TPSA) is 103 Å². The van der Waals surface area contributed by atoms with Crippen molar-refractivity contribution in [3.05, 3.63) is 34.1 Å². The lowest BCUT2D eigenvalue weighted by atomic mass is 10.2. The molecule has 2 aromatic rings. The fourth-order valence-corrected chi connectivity index (χ4v) is 1.92. The van der Waals surface area contributed by atoms with Crippen molar-refractivity contribution in [3.63, 3.8) is 0 Å². The fourth-order valence-electron chi connectivity index (χ4n) is 1.92. The second-order valence-electron chi connectivity index (χ2n) is 4.17. The molecule has 0 saturated carbocycles. The highest BCUT2D eigenvalue weighted by atomic mass is 16.6. The summed E-state index contributed by atoms with van der Waals surface area (Å²) in [6.45, 7) is 4.07. The fraction of sp³-hybridized carbons (Fsp3) is 0.308. The van der Waals surface area contributed by atoms with Crippen molar-refractivity contribution in [2.24, 2.45) is 0 Å². The molecule has 0 unspecified atom stereocenters. The van der Waals surface area contributed by atoms with E-state index in [-0.39, 0.29) is 17.1 Å². The molecule has 0 aliphatic carbocycles. The van der Waals surface area contributed by atoms with E-state index < -0.39 is 4.92 Å². The third kappa shape index (κ3) is 2.88. The number of methoxy groups -OCH3 is 1. The molecule has 0 bridgehead atoms. The van der Waals surface area contributed by atoms with Crippen LogP contribution in [0.3, 0.4) is 0 Å². The lowest BCUT2D eigenvalue weighted by Gasteiger charge is -2.10. The van der Waals surface area contributed by atoms with Crippen LogP contribution in [0.1, 0.15) is 12.6 Å². The van der Waals surface area contributed by atoms with Gasteiger partial charge in [-0.1, -0.05) is 0 Å². The SMILES string of the molecule is CCNc1nc(C)c([N+](=O)[O-])c(-c2ncccc2OC)n1. The second kappa shape index (κ2) is 6.12. The Labute approximate surface area is 121 Å². The second-order valence-corrected chi connectivity index (χ2v) is 4.17. The van der Waals surface area contributed by atoms with Crippen LogP contribution in [0, 0.1) is 17.0 Å². The molecular weight excluding hydrogens is 274 g/mol. The van der Waals surface area contributed by atoms with E-state index in [0.717, 1.165) is 0 Å². The zero-order chi connectivity index (χ0) is 15.4. The Morgan fingerprint density at radius 1 is 1.38 bits per heavy atom. The minimum Gasteiger partial charge on any atom is -0.494 e. The molecule has 2 aromatic heterocycles. The highest BCUT2D eigenvalue weighted by Gasteiger charge is 2.26. The molecule has 2 heterocycles. The number of nitrogens with one attached hydrogen (secondary N) is 1. The van der Waals surface area contributed by atoms with Gasteiger partial charge in [0.25, 0.3) is 0 Å². The molecule has 21 heavy (non-hydrogen) atoms. The monoisotopic (exact) mass is 289 g/mol. The molecule has 0 amide bonds. The largest absolute Gasteiger partial charge is 0.494 e. The molecule has 0 saturated heterocycles. The van der Waals surface area contributed by atoms with E-state index >= 15 is 0 Å². The minimum absolute atomic E-state index is 0.140. The first-order valence-corrected chi connectivity index (χ1v) is 6.34. The van der Waals surface area contributed by atoms with Crippen molar-refractivity contribution in [2.75, 3.05) is 19.0 Å². The Kier molecular flexibility index (Phi) is 4.27. The normalized spacial score (nSPS) is 10.2. The van der Waals surface area contributed by atoms with Gasteiger partial charge in [-0.2, -0.15) is 0 Å². The van der Waals surface area contributed by atoms with Crippen LogP contribution in [0.25, 0.3) is 11.4 Å². The molecule has 2 rings (SSSR count). The predicted molar refractivity (Wildman–Crippen MR) is 77.4 cm³/mol. The molecule has 0 aliphatic rings. The Morgan fingerprint density at radius 3 is 2.76 bits per heavy atom. The first-order valence-electron chi connectivity index (χ1n) is 6.34. The molecule has 0 fully saturated rings. The summed E-state index contributed by atoms with van der Waals surface area (Å²) in [5.41, 5.74) is 0.555. The Hall–Kier alpha value is -2.77. The van der Waals surface area contributed by atoms with Crippen LogP contribution in [-0.2, 0) is 0 Å². The highest BCUT2D eigenvalue weighted by molar-refractivity contribution is 5.73. The van der Waals surface area contributed by atoms with Crippen LogP contribution in [0.15, 0.2) is 18.3 Å². The van der Waals surface area contributed by atoms with Gasteiger partial charge < -0.3 is 10.1 Å². The van der Waals surface area contributed by atoms with Crippen LogP contribution in [0.2, 0.25) is 0 Å². The van der Waals surface area contributed by atoms with Gasteiger partial charge in [-0.15, -0.1) is 0 Å². The van der Waals surface area contributed by atoms with Crippen LogP contribution < -0.4 is 10.1 Å². The summed E-state index contributed by atoms with van der Waals surface area (Å²) in [5.74, 6) is 0.740. The first kappa shape index (κ1) is 14.6. The third-order valence-corrected chi connectivity index (χ3v) is 2.79. The van der Waals surface area contributed by atoms with Crippen molar-refractivity contribution in [1.29, 1.82) is 0 Å². The van der Waals surface area contributed by atoms with Crippen LogP contribution in [-0.4, -0.2) is 33.5 Å². The Balaban J connectivity index is 2.72. The van der Waals surface area contributed by atoms with Gasteiger partial charge in [-0.25, -0.2) is 9.97 Å². The average molecular weight is 289 g/mol.